The Hall–Kier alpha value is -12.9. The molecule has 0 amide bonds. The molecule has 0 unspecified atom stereocenters. The van der Waals surface area contributed by atoms with E-state index < -0.39 is 106 Å². The lowest BCUT2D eigenvalue weighted by Gasteiger charge is -2.13. The second kappa shape index (κ2) is 37.4. The van der Waals surface area contributed by atoms with Gasteiger partial charge in [-0.3, -0.25) is 33.8 Å². The molecule has 21 nitrogen and oxygen atoms in total. The van der Waals surface area contributed by atoms with Crippen molar-refractivity contribution in [1.29, 1.82) is 0 Å². The van der Waals surface area contributed by atoms with Crippen molar-refractivity contribution in [2.75, 3.05) is 24.6 Å². The van der Waals surface area contributed by atoms with Crippen molar-refractivity contribution in [3.63, 3.8) is 0 Å². The normalized spacial score (nSPS) is 11.6. The molecule has 0 radical (unpaired) electrons. The number of nitrogen functional groups attached to an aromatic ring is 1. The van der Waals surface area contributed by atoms with Crippen LogP contribution in [0.2, 0.25) is 0 Å². The molecule has 0 saturated carbocycles. The zero-order chi connectivity index (χ0) is 88.6. The fourth-order valence-corrected chi connectivity index (χ4v) is 20.9. The van der Waals surface area contributed by atoms with Crippen molar-refractivity contribution >= 4 is 114 Å². The van der Waals surface area contributed by atoms with E-state index in [0.29, 0.717) is 23.1 Å². The van der Waals surface area contributed by atoms with Crippen LogP contribution in [0.5, 0.6) is 0 Å². The Morgan fingerprint density at radius 1 is 0.306 bits per heavy atom. The van der Waals surface area contributed by atoms with Gasteiger partial charge < -0.3 is 5.73 Å². The van der Waals surface area contributed by atoms with Crippen LogP contribution >= 0.6 is 45.3 Å². The first-order valence-electron chi connectivity index (χ1n) is 36.7. The molecule has 37 heteroatoms. The number of aryl methyl sites for hydroxylation is 3. The van der Waals surface area contributed by atoms with E-state index in [1.807, 2.05) is 75.4 Å². The molecule has 632 valence electrons. The summed E-state index contributed by atoms with van der Waals surface area (Å²) in [5, 5.41) is 3.42. The third-order valence-corrected chi connectivity index (χ3v) is 27.9. The van der Waals surface area contributed by atoms with Gasteiger partial charge in [0.05, 0.1) is 62.3 Å². The molecule has 8 heterocycles. The summed E-state index contributed by atoms with van der Waals surface area (Å²) in [5.74, 6) is -8.48. The van der Waals surface area contributed by atoms with E-state index in [1.165, 1.54) is 69.6 Å². The summed E-state index contributed by atoms with van der Waals surface area (Å²) in [6.45, 7) is 11.8. The van der Waals surface area contributed by atoms with Crippen LogP contribution in [-0.2, 0) is 45.5 Å². The van der Waals surface area contributed by atoms with E-state index in [4.69, 9.17) is 10.7 Å². The molecule has 0 spiro atoms. The van der Waals surface area contributed by atoms with Crippen LogP contribution in [-0.4, -0.2) is 73.5 Å². The van der Waals surface area contributed by atoms with Crippen LogP contribution in [0.4, 0.5) is 63.7 Å². The molecule has 6 N–H and O–H groups in total. The van der Waals surface area contributed by atoms with Gasteiger partial charge in [-0.15, -0.1) is 45.3 Å². The molecule has 16 aromatic rings. The Kier molecular flexibility index (Phi) is 26.8. The predicted octanol–water partition coefficient (Wildman–Crippen LogP) is 21.6. The van der Waals surface area contributed by atoms with Gasteiger partial charge in [-0.1, -0.05) is 87.5 Å². The Balaban J connectivity index is 0.000000142. The van der Waals surface area contributed by atoms with Crippen molar-refractivity contribution in [1.82, 2.24) is 39.9 Å². The van der Waals surface area contributed by atoms with E-state index in [-0.39, 0.29) is 28.2 Å². The minimum Gasteiger partial charge on any atom is -0.384 e. The molecule has 0 atom stereocenters. The number of nitrogens with two attached hydrogens (primary N) is 1. The first-order chi connectivity index (χ1) is 59.0. The predicted molar refractivity (Wildman–Crippen MR) is 469 cm³/mol. The first kappa shape index (κ1) is 88.9. The third-order valence-electron chi connectivity index (χ3n) is 17.6. The summed E-state index contributed by atoms with van der Waals surface area (Å²) in [6, 6.07) is 52.0. The van der Waals surface area contributed by atoms with Crippen LogP contribution in [0.1, 0.15) is 40.8 Å². The number of benzene rings is 8. The van der Waals surface area contributed by atoms with Gasteiger partial charge in [0.2, 0.25) is 0 Å². The minimum atomic E-state index is -4.47. The van der Waals surface area contributed by atoms with Crippen molar-refractivity contribution < 1.29 is 68.8 Å². The molecule has 8 aromatic heterocycles. The van der Waals surface area contributed by atoms with E-state index >= 15 is 0 Å². The highest BCUT2D eigenvalue weighted by molar-refractivity contribution is 7.93. The van der Waals surface area contributed by atoms with Gasteiger partial charge in [-0.25, -0.2) is 93.7 Å². The number of rotatable bonds is 20. The largest absolute Gasteiger partial charge is 0.384 e. The maximum absolute atomic E-state index is 14.1. The molecule has 124 heavy (non-hydrogen) atoms. The highest BCUT2D eigenvalue weighted by atomic mass is 32.2. The molecule has 16 rings (SSSR count). The molecule has 0 saturated heterocycles. The highest BCUT2D eigenvalue weighted by Gasteiger charge is 2.30. The highest BCUT2D eigenvalue weighted by Crippen LogP contribution is 2.45. The Morgan fingerprint density at radius 2 is 0.597 bits per heavy atom. The molecular formula is C87H67F8N13O8S8. The quantitative estimate of drug-likeness (QED) is 0.0443. The summed E-state index contributed by atoms with van der Waals surface area (Å²) in [6.07, 6.45) is 11.6. The maximum atomic E-state index is 14.1. The number of halogens is 8. The topological polar surface area (TPSA) is 314 Å². The summed E-state index contributed by atoms with van der Waals surface area (Å²) in [7, 11) is -17.7. The average Bonchev–Trinajstić information content (AvgIpc) is 1.51. The van der Waals surface area contributed by atoms with E-state index in [9.17, 15) is 68.8 Å². The molecule has 0 fully saturated rings. The summed E-state index contributed by atoms with van der Waals surface area (Å²) >= 11 is 5.87. The molecule has 0 bridgehead atoms. The number of nitrogens with one attached hydrogen (secondary N) is 4. The number of hydrogen-bond donors (Lipinski definition) is 5. The monoisotopic (exact) mass is 1830 g/mol. The van der Waals surface area contributed by atoms with Crippen molar-refractivity contribution in [3.05, 3.63) is 328 Å². The van der Waals surface area contributed by atoms with Crippen molar-refractivity contribution in [3.8, 4) is 86.8 Å². The van der Waals surface area contributed by atoms with Gasteiger partial charge in [0.15, 0.2) is 14.7 Å². The average molecular weight is 1830 g/mol. The molecular weight excluding hydrogens is 1760 g/mol. The standard InChI is InChI=1S/C24H21F2N3O2S2.C21H16F2N4O2S2.2C21H15F2N3O2S2/c1-24(2,3)23-28-20(15-10-12-27-13-11-15)21(32-23)16-6-4-7-17(14-16)29-33(30,31)22-18(25)8-5-9-19(22)26;1-12-26-19(13-8-9-25-18(24)11-13)20(30-12)14-4-2-5-15(10-14)27-31(28,29)21-16(22)6-3-7-17(21)23;1-13-25-19(14-8-10-24-11-9-14)20(29-13)15-4-2-5-16(12-15)26-30(27,28)21-17(22)6-3-7-18(21)23;1-13-25-20(14-7-9-24-10-8-14)21(29-13)15-3-2-4-17(11-15)26-30(27,28)19-12-16(22)5-6-18(19)23/h4-14,29H,1-3H3;2-11,27H,1H3,(H2,24,25);2*2-12,26H,1H3. The number of sulfonamides is 4. The zero-order valence-corrected chi connectivity index (χ0v) is 72.1. The lowest BCUT2D eigenvalue weighted by molar-refractivity contribution is 0.519. The first-order valence-corrected chi connectivity index (χ1v) is 45.9. The smallest absolute Gasteiger partial charge is 0.267 e. The second-order valence-corrected chi connectivity index (χ2v) is 38.9. The number of hydrogen-bond acceptors (Lipinski definition) is 21. The third kappa shape index (κ3) is 21.1. The Morgan fingerprint density at radius 3 is 0.919 bits per heavy atom. The lowest BCUT2D eigenvalue weighted by Crippen LogP contribution is -2.16. The summed E-state index contributed by atoms with van der Waals surface area (Å²) in [4.78, 5) is 34.2. The Labute approximate surface area is 723 Å². The van der Waals surface area contributed by atoms with Gasteiger partial charge in [0, 0.05) is 93.8 Å². The van der Waals surface area contributed by atoms with Crippen molar-refractivity contribution in [2.45, 2.75) is 66.5 Å². The molecule has 0 aliphatic heterocycles. The SMILES string of the molecule is CC(C)(C)c1nc(-c2ccncc2)c(-c2cccc(NS(=O)(=O)c3c(F)cccc3F)c2)s1.Cc1nc(-c2ccnc(N)c2)c(-c2cccc(NS(=O)(=O)c3c(F)cccc3F)c2)s1.Cc1nc(-c2ccncc2)c(-c2cccc(NS(=O)(=O)c3c(F)cccc3F)c2)s1.Cc1nc(-c2ccncc2)c(-c2cccc(NS(=O)(=O)c3cc(F)ccc3F)c2)s1. The number of thiazole rings is 4. The fourth-order valence-electron chi connectivity index (χ4n) is 12.2. The fraction of sp³-hybridized carbons (Fsp3) is 0.0805. The number of anilines is 5. The van der Waals surface area contributed by atoms with Gasteiger partial charge in [0.1, 0.15) is 57.3 Å². The summed E-state index contributed by atoms with van der Waals surface area (Å²) < 4.78 is 222. The number of pyridine rings is 4. The van der Waals surface area contributed by atoms with Crippen LogP contribution in [0.15, 0.2) is 281 Å². The number of aromatic nitrogens is 8. The van der Waals surface area contributed by atoms with Gasteiger partial charge in [0.25, 0.3) is 40.1 Å². The number of nitrogens with zero attached hydrogens (tertiary/aromatic N) is 8. The van der Waals surface area contributed by atoms with Gasteiger partial charge >= 0.3 is 0 Å². The van der Waals surface area contributed by atoms with E-state index in [1.54, 1.807) is 110 Å². The van der Waals surface area contributed by atoms with Gasteiger partial charge in [-0.2, -0.15) is 0 Å². The van der Waals surface area contributed by atoms with Gasteiger partial charge in [-0.05, 0) is 195 Å². The van der Waals surface area contributed by atoms with E-state index in [0.717, 1.165) is 162 Å². The van der Waals surface area contributed by atoms with Crippen LogP contribution < -0.4 is 24.6 Å². The lowest BCUT2D eigenvalue weighted by atomic mass is 9.98. The Bertz CT molecular complexity index is 7080. The zero-order valence-electron chi connectivity index (χ0n) is 65.5. The van der Waals surface area contributed by atoms with Crippen LogP contribution in [0, 0.1) is 67.3 Å². The van der Waals surface area contributed by atoms with Crippen LogP contribution in [0.25, 0.3) is 86.8 Å². The van der Waals surface area contributed by atoms with Crippen molar-refractivity contribution in [2.24, 2.45) is 0 Å². The molecule has 0 aliphatic rings. The van der Waals surface area contributed by atoms with E-state index in [2.05, 4.69) is 74.5 Å². The van der Waals surface area contributed by atoms with Crippen LogP contribution in [0.3, 0.4) is 0 Å². The molecule has 8 aromatic carbocycles. The maximum Gasteiger partial charge on any atom is 0.267 e. The minimum absolute atomic E-state index is 0.159. The summed E-state index contributed by atoms with van der Waals surface area (Å²) in [5.41, 5.74) is 15.6. The second-order valence-electron chi connectivity index (χ2n) is 27.8. The molecule has 0 aliphatic carbocycles.